The lowest BCUT2D eigenvalue weighted by Crippen LogP contribution is -2.44. The van der Waals surface area contributed by atoms with E-state index in [4.69, 9.17) is 4.74 Å². The molecule has 25 heavy (non-hydrogen) atoms. The summed E-state index contributed by atoms with van der Waals surface area (Å²) in [6.45, 7) is 11.9. The molecular weight excluding hydrogens is 316 g/mol. The van der Waals surface area contributed by atoms with Gasteiger partial charge in [-0.3, -0.25) is 4.79 Å². The first-order valence-corrected chi connectivity index (χ1v) is 8.81. The maximum Gasteiger partial charge on any atom is 0.263 e. The number of hydrogen-bond donors (Lipinski definition) is 0. The van der Waals surface area contributed by atoms with Crippen molar-refractivity contribution in [1.29, 1.82) is 0 Å². The molecule has 6 heteroatoms. The zero-order valence-electron chi connectivity index (χ0n) is 15.6. The van der Waals surface area contributed by atoms with Crippen molar-refractivity contribution in [3.8, 4) is 5.75 Å². The Labute approximate surface area is 148 Å². The molecule has 1 aromatic carbocycles. The number of carbonyl (C=O) groups excluding carboxylic acids is 1. The normalized spacial score (nSPS) is 15.2. The van der Waals surface area contributed by atoms with Crippen molar-refractivity contribution in [2.45, 2.75) is 59.7 Å². The molecule has 1 atom stereocenters. The minimum Gasteiger partial charge on any atom is -0.481 e. The number of benzene rings is 1. The minimum absolute atomic E-state index is 0.0127. The Morgan fingerprint density at radius 3 is 2.64 bits per heavy atom. The average molecular weight is 342 g/mol. The zero-order valence-corrected chi connectivity index (χ0v) is 15.6. The molecule has 0 N–H and O–H groups in total. The number of nitrogens with zero attached hydrogens (tertiary/aromatic N) is 4. The van der Waals surface area contributed by atoms with Crippen LogP contribution in [-0.4, -0.2) is 38.2 Å². The van der Waals surface area contributed by atoms with Crippen LogP contribution < -0.4 is 4.74 Å². The highest BCUT2D eigenvalue weighted by Gasteiger charge is 2.28. The molecule has 0 bridgehead atoms. The highest BCUT2D eigenvalue weighted by atomic mass is 16.5. The van der Waals surface area contributed by atoms with E-state index in [0.717, 1.165) is 29.5 Å². The highest BCUT2D eigenvalue weighted by molar-refractivity contribution is 5.81. The van der Waals surface area contributed by atoms with Crippen LogP contribution in [0.2, 0.25) is 0 Å². The summed E-state index contributed by atoms with van der Waals surface area (Å²) >= 11 is 0. The number of rotatable bonds is 4. The molecule has 0 saturated heterocycles. The lowest BCUT2D eigenvalue weighted by Gasteiger charge is -2.30. The Balaban J connectivity index is 1.70. The third kappa shape index (κ3) is 3.52. The zero-order chi connectivity index (χ0) is 18.1. The Kier molecular flexibility index (Phi) is 4.79. The molecule has 1 amide bonds. The van der Waals surface area contributed by atoms with Crippen LogP contribution in [0.1, 0.15) is 49.5 Å². The number of carbonyl (C=O) groups is 1. The number of aromatic nitrogens is 3. The quantitative estimate of drug-likeness (QED) is 0.857. The number of fused-ring (bicyclic) bond motifs is 1. The largest absolute Gasteiger partial charge is 0.481 e. The summed E-state index contributed by atoms with van der Waals surface area (Å²) in [6.07, 6.45) is -0.531. The SMILES string of the molecule is Cc1ccc(C(C)C)cc1O[C@@H](C)C(=O)N1CCn2c(C)nnc2C1. The van der Waals surface area contributed by atoms with Gasteiger partial charge in [-0.15, -0.1) is 10.2 Å². The molecule has 2 aromatic rings. The van der Waals surface area contributed by atoms with Crippen LogP contribution >= 0.6 is 0 Å². The summed E-state index contributed by atoms with van der Waals surface area (Å²) in [5.74, 6) is 2.92. The Hall–Kier alpha value is -2.37. The molecule has 0 spiro atoms. The standard InChI is InChI=1S/C19H26N4O2/c1-12(2)16-7-6-13(3)17(10-16)25-14(4)19(24)22-8-9-23-15(5)20-21-18(23)11-22/h6-7,10,12,14H,8-9,11H2,1-5H3/t14-/m0/s1. The second-order valence-corrected chi connectivity index (χ2v) is 7.01. The van der Waals surface area contributed by atoms with E-state index >= 15 is 0 Å². The monoisotopic (exact) mass is 342 g/mol. The van der Waals surface area contributed by atoms with E-state index in [2.05, 4.69) is 34.7 Å². The van der Waals surface area contributed by atoms with Crippen LogP contribution in [0.25, 0.3) is 0 Å². The van der Waals surface area contributed by atoms with E-state index in [1.165, 1.54) is 5.56 Å². The highest BCUT2D eigenvalue weighted by Crippen LogP contribution is 2.25. The lowest BCUT2D eigenvalue weighted by atomic mass is 10.0. The number of ether oxygens (including phenoxy) is 1. The fourth-order valence-electron chi connectivity index (χ4n) is 3.09. The average Bonchev–Trinajstić information content (AvgIpc) is 2.96. The van der Waals surface area contributed by atoms with E-state index in [1.807, 2.05) is 32.9 Å². The van der Waals surface area contributed by atoms with E-state index in [1.54, 1.807) is 4.90 Å². The number of aryl methyl sites for hydroxylation is 2. The molecule has 3 rings (SSSR count). The fraction of sp³-hybridized carbons (Fsp3) is 0.526. The third-order valence-corrected chi connectivity index (χ3v) is 4.78. The van der Waals surface area contributed by atoms with Gasteiger partial charge in [-0.1, -0.05) is 26.0 Å². The van der Waals surface area contributed by atoms with E-state index in [9.17, 15) is 4.79 Å². The van der Waals surface area contributed by atoms with Gasteiger partial charge in [-0.05, 0) is 43.9 Å². The summed E-state index contributed by atoms with van der Waals surface area (Å²) in [4.78, 5) is 14.6. The van der Waals surface area contributed by atoms with E-state index < -0.39 is 6.10 Å². The van der Waals surface area contributed by atoms with Gasteiger partial charge in [0.05, 0.1) is 6.54 Å². The van der Waals surface area contributed by atoms with Gasteiger partial charge in [-0.25, -0.2) is 0 Å². The maximum atomic E-state index is 12.8. The summed E-state index contributed by atoms with van der Waals surface area (Å²) in [7, 11) is 0. The summed E-state index contributed by atoms with van der Waals surface area (Å²) in [5.41, 5.74) is 2.25. The van der Waals surface area contributed by atoms with Crippen molar-refractivity contribution in [3.63, 3.8) is 0 Å². The molecule has 6 nitrogen and oxygen atoms in total. The second-order valence-electron chi connectivity index (χ2n) is 7.01. The minimum atomic E-state index is -0.531. The van der Waals surface area contributed by atoms with Crippen LogP contribution in [0.4, 0.5) is 0 Å². The third-order valence-electron chi connectivity index (χ3n) is 4.78. The van der Waals surface area contributed by atoms with Crippen molar-refractivity contribution in [2.24, 2.45) is 0 Å². The molecular formula is C19H26N4O2. The van der Waals surface area contributed by atoms with Crippen LogP contribution in [0.3, 0.4) is 0 Å². The van der Waals surface area contributed by atoms with Gasteiger partial charge in [0.2, 0.25) is 0 Å². The van der Waals surface area contributed by atoms with Gasteiger partial charge in [0.1, 0.15) is 11.6 Å². The Morgan fingerprint density at radius 2 is 1.92 bits per heavy atom. The van der Waals surface area contributed by atoms with Gasteiger partial charge in [0.25, 0.3) is 5.91 Å². The van der Waals surface area contributed by atoms with Gasteiger partial charge in [-0.2, -0.15) is 0 Å². The topological polar surface area (TPSA) is 60.2 Å². The van der Waals surface area contributed by atoms with Crippen molar-refractivity contribution in [1.82, 2.24) is 19.7 Å². The van der Waals surface area contributed by atoms with E-state index in [-0.39, 0.29) is 5.91 Å². The Bertz CT molecular complexity index is 782. The lowest BCUT2D eigenvalue weighted by molar-refractivity contribution is -0.139. The summed E-state index contributed by atoms with van der Waals surface area (Å²) < 4.78 is 8.07. The van der Waals surface area contributed by atoms with Crippen LogP contribution in [-0.2, 0) is 17.9 Å². The van der Waals surface area contributed by atoms with Crippen molar-refractivity contribution in [2.75, 3.05) is 6.54 Å². The summed E-state index contributed by atoms with van der Waals surface area (Å²) in [5, 5.41) is 8.24. The molecule has 2 heterocycles. The number of amides is 1. The molecule has 0 aliphatic carbocycles. The van der Waals surface area contributed by atoms with Crippen LogP contribution in [0.5, 0.6) is 5.75 Å². The smallest absolute Gasteiger partial charge is 0.263 e. The van der Waals surface area contributed by atoms with Crippen molar-refractivity contribution >= 4 is 5.91 Å². The van der Waals surface area contributed by atoms with Crippen LogP contribution in [0.15, 0.2) is 18.2 Å². The van der Waals surface area contributed by atoms with Gasteiger partial charge in [0, 0.05) is 13.1 Å². The predicted molar refractivity (Wildman–Crippen MR) is 95.5 cm³/mol. The summed E-state index contributed by atoms with van der Waals surface area (Å²) in [6, 6.07) is 6.20. The first-order chi connectivity index (χ1) is 11.9. The molecule has 0 radical (unpaired) electrons. The Morgan fingerprint density at radius 1 is 1.16 bits per heavy atom. The van der Waals surface area contributed by atoms with E-state index in [0.29, 0.717) is 19.0 Å². The second kappa shape index (κ2) is 6.86. The first kappa shape index (κ1) is 17.5. The van der Waals surface area contributed by atoms with Gasteiger partial charge in [0.15, 0.2) is 11.9 Å². The van der Waals surface area contributed by atoms with Crippen molar-refractivity contribution in [3.05, 3.63) is 41.0 Å². The molecule has 0 saturated carbocycles. The van der Waals surface area contributed by atoms with Crippen LogP contribution in [0, 0.1) is 13.8 Å². The number of hydrogen-bond acceptors (Lipinski definition) is 4. The first-order valence-electron chi connectivity index (χ1n) is 8.81. The maximum absolute atomic E-state index is 12.8. The molecule has 134 valence electrons. The molecule has 0 unspecified atom stereocenters. The fourth-order valence-corrected chi connectivity index (χ4v) is 3.09. The molecule has 0 fully saturated rings. The van der Waals surface area contributed by atoms with Crippen molar-refractivity contribution < 1.29 is 9.53 Å². The molecule has 1 aliphatic heterocycles. The van der Waals surface area contributed by atoms with Gasteiger partial charge >= 0.3 is 0 Å². The molecule has 1 aromatic heterocycles. The van der Waals surface area contributed by atoms with Gasteiger partial charge < -0.3 is 14.2 Å². The predicted octanol–water partition coefficient (Wildman–Crippen LogP) is 2.83. The molecule has 1 aliphatic rings.